The molecule has 2 aliphatic heterocycles. The number of rotatable bonds is 1. The van der Waals surface area contributed by atoms with Crippen LogP contribution >= 0.6 is 0 Å². The van der Waals surface area contributed by atoms with Gasteiger partial charge in [0.2, 0.25) is 0 Å². The zero-order chi connectivity index (χ0) is 9.54. The van der Waals surface area contributed by atoms with Gasteiger partial charge in [-0.05, 0) is 37.8 Å². The van der Waals surface area contributed by atoms with Gasteiger partial charge in [-0.3, -0.25) is 4.90 Å². The minimum absolute atomic E-state index is 0.833. The molecule has 2 fully saturated rings. The summed E-state index contributed by atoms with van der Waals surface area (Å²) in [7, 11) is 0. The van der Waals surface area contributed by atoms with Crippen molar-refractivity contribution < 1.29 is 0 Å². The summed E-state index contributed by atoms with van der Waals surface area (Å²) in [6.07, 6.45) is 2.75. The molecular weight excluding hydrogens is 170 g/mol. The summed E-state index contributed by atoms with van der Waals surface area (Å²) in [4.78, 5) is 2.59. The Kier molecular flexibility index (Phi) is 1.88. The Morgan fingerprint density at radius 3 is 2.71 bits per heavy atom. The first-order valence-electron chi connectivity index (χ1n) is 5.63. The van der Waals surface area contributed by atoms with Crippen molar-refractivity contribution in [1.29, 1.82) is 0 Å². The fourth-order valence-electron chi connectivity index (χ4n) is 2.63. The summed E-state index contributed by atoms with van der Waals surface area (Å²) in [5.74, 6) is 0.833. The summed E-state index contributed by atoms with van der Waals surface area (Å²) in [5, 5.41) is 0. The smallest absolute Gasteiger partial charge is 0.0229 e. The van der Waals surface area contributed by atoms with Crippen molar-refractivity contribution >= 4 is 0 Å². The molecule has 14 heavy (non-hydrogen) atoms. The molecule has 1 heteroatoms. The topological polar surface area (TPSA) is 3.01 Å². The highest BCUT2D eigenvalue weighted by Gasteiger charge is 2.39. The summed E-state index contributed by atoms with van der Waals surface area (Å²) in [6, 6.07) is 10.1. The molecule has 0 amide bonds. The van der Waals surface area contributed by atoms with Crippen LogP contribution in [0.1, 0.15) is 29.9 Å². The van der Waals surface area contributed by atoms with Gasteiger partial charge < -0.3 is 0 Å². The molecule has 2 saturated heterocycles. The fraction of sp³-hybridized carbons (Fsp3) is 0.538. The van der Waals surface area contributed by atoms with E-state index in [0.717, 1.165) is 12.0 Å². The van der Waals surface area contributed by atoms with Gasteiger partial charge in [0.05, 0.1) is 0 Å². The van der Waals surface area contributed by atoms with Gasteiger partial charge in [-0.15, -0.1) is 0 Å². The second-order valence-corrected chi connectivity index (χ2v) is 4.78. The van der Waals surface area contributed by atoms with Crippen LogP contribution in [-0.2, 0) is 0 Å². The monoisotopic (exact) mass is 187 g/mol. The number of nitrogens with zero attached hydrogens (tertiary/aromatic N) is 1. The summed E-state index contributed by atoms with van der Waals surface area (Å²) >= 11 is 0. The van der Waals surface area contributed by atoms with Crippen LogP contribution in [0.5, 0.6) is 0 Å². The van der Waals surface area contributed by atoms with Gasteiger partial charge in [0.15, 0.2) is 0 Å². The van der Waals surface area contributed by atoms with Crippen molar-refractivity contribution in [3.05, 3.63) is 35.4 Å². The SMILES string of the molecule is Cc1ccc([C@@H]2CC[N@]3C[C@@H]3C2)cc1. The van der Waals surface area contributed by atoms with Gasteiger partial charge in [0, 0.05) is 12.6 Å². The molecule has 0 aromatic heterocycles. The third kappa shape index (κ3) is 1.46. The lowest BCUT2D eigenvalue weighted by Crippen LogP contribution is -2.17. The van der Waals surface area contributed by atoms with Crippen molar-refractivity contribution in [2.75, 3.05) is 13.1 Å². The molecular formula is C13H17N. The first kappa shape index (κ1) is 8.49. The van der Waals surface area contributed by atoms with Gasteiger partial charge in [-0.2, -0.15) is 0 Å². The lowest BCUT2D eigenvalue weighted by Gasteiger charge is -2.22. The number of hydrogen-bond donors (Lipinski definition) is 0. The van der Waals surface area contributed by atoms with Crippen LogP contribution in [-0.4, -0.2) is 24.0 Å². The summed E-state index contributed by atoms with van der Waals surface area (Å²) < 4.78 is 0. The van der Waals surface area contributed by atoms with Gasteiger partial charge in [0.25, 0.3) is 0 Å². The first-order chi connectivity index (χ1) is 6.83. The Balaban J connectivity index is 1.77. The molecule has 0 N–H and O–H groups in total. The van der Waals surface area contributed by atoms with E-state index < -0.39 is 0 Å². The highest BCUT2D eigenvalue weighted by atomic mass is 15.3. The third-order valence-corrected chi connectivity index (χ3v) is 3.70. The maximum absolute atomic E-state index is 2.59. The predicted molar refractivity (Wildman–Crippen MR) is 58.5 cm³/mol. The Bertz CT molecular complexity index is 328. The van der Waals surface area contributed by atoms with Crippen molar-refractivity contribution in [2.45, 2.75) is 31.7 Å². The van der Waals surface area contributed by atoms with Gasteiger partial charge >= 0.3 is 0 Å². The number of aryl methyl sites for hydroxylation is 1. The van der Waals surface area contributed by atoms with Crippen molar-refractivity contribution in [1.82, 2.24) is 4.90 Å². The molecule has 74 valence electrons. The Morgan fingerprint density at radius 2 is 2.00 bits per heavy atom. The van der Waals surface area contributed by atoms with E-state index in [4.69, 9.17) is 0 Å². The molecule has 3 rings (SSSR count). The molecule has 1 nitrogen and oxygen atoms in total. The summed E-state index contributed by atoms with van der Waals surface area (Å²) in [6.45, 7) is 4.85. The molecule has 1 aromatic rings. The van der Waals surface area contributed by atoms with Crippen LogP contribution in [0.2, 0.25) is 0 Å². The largest absolute Gasteiger partial charge is 0.298 e. The zero-order valence-electron chi connectivity index (χ0n) is 8.74. The normalized spacial score (nSPS) is 35.1. The van der Waals surface area contributed by atoms with E-state index in [2.05, 4.69) is 36.1 Å². The summed E-state index contributed by atoms with van der Waals surface area (Å²) in [5.41, 5.74) is 2.93. The molecule has 3 atom stereocenters. The molecule has 0 aliphatic carbocycles. The molecule has 0 bridgehead atoms. The standard InChI is InChI=1S/C13H17N/c1-10-2-4-11(5-3-10)12-6-7-14-9-13(14)8-12/h2-5,12-13H,6-9H2,1H3/t12-,13+,14-/m1/s1. The van der Waals surface area contributed by atoms with Gasteiger partial charge in [0.1, 0.15) is 0 Å². The van der Waals surface area contributed by atoms with Gasteiger partial charge in [-0.25, -0.2) is 0 Å². The highest BCUT2D eigenvalue weighted by molar-refractivity contribution is 5.25. The lowest BCUT2D eigenvalue weighted by atomic mass is 9.89. The minimum Gasteiger partial charge on any atom is -0.298 e. The average molecular weight is 187 g/mol. The molecule has 1 aromatic carbocycles. The van der Waals surface area contributed by atoms with Crippen LogP contribution in [0.4, 0.5) is 0 Å². The maximum atomic E-state index is 2.59. The van der Waals surface area contributed by atoms with E-state index >= 15 is 0 Å². The maximum Gasteiger partial charge on any atom is 0.0229 e. The van der Waals surface area contributed by atoms with E-state index in [1.165, 1.54) is 31.5 Å². The van der Waals surface area contributed by atoms with Crippen molar-refractivity contribution in [3.8, 4) is 0 Å². The molecule has 0 unspecified atom stereocenters. The second-order valence-electron chi connectivity index (χ2n) is 4.78. The molecule has 2 aliphatic rings. The second kappa shape index (κ2) is 3.09. The average Bonchev–Trinajstić information content (AvgIpc) is 2.96. The number of piperidine rings is 1. The van der Waals surface area contributed by atoms with Crippen LogP contribution in [0.15, 0.2) is 24.3 Å². The Hall–Kier alpha value is -0.820. The molecule has 0 radical (unpaired) electrons. The van der Waals surface area contributed by atoms with Crippen molar-refractivity contribution in [3.63, 3.8) is 0 Å². The van der Waals surface area contributed by atoms with Crippen LogP contribution in [0, 0.1) is 6.92 Å². The minimum atomic E-state index is 0.833. The van der Waals surface area contributed by atoms with Crippen molar-refractivity contribution in [2.24, 2.45) is 0 Å². The van der Waals surface area contributed by atoms with Gasteiger partial charge in [-0.1, -0.05) is 29.8 Å². The lowest BCUT2D eigenvalue weighted by molar-refractivity contribution is 0.373. The molecule has 0 spiro atoms. The fourth-order valence-corrected chi connectivity index (χ4v) is 2.63. The predicted octanol–water partition coefficient (Wildman–Crippen LogP) is 2.56. The third-order valence-electron chi connectivity index (χ3n) is 3.70. The van der Waals surface area contributed by atoms with E-state index in [0.29, 0.717) is 0 Å². The van der Waals surface area contributed by atoms with Crippen LogP contribution < -0.4 is 0 Å². The van der Waals surface area contributed by atoms with Crippen LogP contribution in [0.25, 0.3) is 0 Å². The van der Waals surface area contributed by atoms with E-state index in [1.54, 1.807) is 5.56 Å². The number of fused-ring (bicyclic) bond motifs is 1. The zero-order valence-corrected chi connectivity index (χ0v) is 8.74. The van der Waals surface area contributed by atoms with E-state index in [1.807, 2.05) is 0 Å². The van der Waals surface area contributed by atoms with E-state index in [9.17, 15) is 0 Å². The first-order valence-corrected chi connectivity index (χ1v) is 5.63. The Labute approximate surface area is 85.7 Å². The number of hydrogen-bond acceptors (Lipinski definition) is 1. The van der Waals surface area contributed by atoms with Crippen LogP contribution in [0.3, 0.4) is 0 Å². The van der Waals surface area contributed by atoms with E-state index in [-0.39, 0.29) is 0 Å². The number of benzene rings is 1. The highest BCUT2D eigenvalue weighted by Crippen LogP contribution is 2.38. The molecule has 0 saturated carbocycles. The Morgan fingerprint density at radius 1 is 1.21 bits per heavy atom. The molecule has 2 heterocycles. The quantitative estimate of drug-likeness (QED) is 0.611.